The van der Waals surface area contributed by atoms with Crippen LogP contribution in [0.2, 0.25) is 0 Å². The molecule has 0 spiro atoms. The maximum absolute atomic E-state index is 13.3. The normalized spacial score (nSPS) is 9.93. The van der Waals surface area contributed by atoms with Crippen molar-refractivity contribution in [1.29, 1.82) is 0 Å². The van der Waals surface area contributed by atoms with E-state index in [9.17, 15) is 13.6 Å². The van der Waals surface area contributed by atoms with Crippen LogP contribution in [0.3, 0.4) is 0 Å². The standard InChI is InChI=1S/C11H9BrF2O/c1-6(2)3-10(15)11-8(13)4-7(12)5-9(11)14/h3-5H,1-2H3. The van der Waals surface area contributed by atoms with E-state index in [-0.39, 0.29) is 4.47 Å². The predicted molar refractivity (Wildman–Crippen MR) is 57.8 cm³/mol. The molecule has 1 nitrogen and oxygen atoms in total. The summed E-state index contributed by atoms with van der Waals surface area (Å²) in [6.07, 6.45) is 1.20. The van der Waals surface area contributed by atoms with Crippen LogP contribution in [-0.2, 0) is 0 Å². The third kappa shape index (κ3) is 2.96. The van der Waals surface area contributed by atoms with Crippen LogP contribution in [0.5, 0.6) is 0 Å². The fraction of sp³-hybridized carbons (Fsp3) is 0.182. The van der Waals surface area contributed by atoms with Crippen LogP contribution in [0.15, 0.2) is 28.3 Å². The summed E-state index contributed by atoms with van der Waals surface area (Å²) in [6, 6.07) is 2.13. The minimum atomic E-state index is -0.857. The summed E-state index contributed by atoms with van der Waals surface area (Å²) in [4.78, 5) is 11.4. The van der Waals surface area contributed by atoms with Gasteiger partial charge in [0, 0.05) is 4.47 Å². The highest BCUT2D eigenvalue weighted by molar-refractivity contribution is 9.10. The lowest BCUT2D eigenvalue weighted by atomic mass is 10.1. The summed E-state index contributed by atoms with van der Waals surface area (Å²) in [5.74, 6) is -2.37. The zero-order valence-electron chi connectivity index (χ0n) is 8.27. The first-order valence-corrected chi connectivity index (χ1v) is 5.05. The van der Waals surface area contributed by atoms with E-state index in [4.69, 9.17) is 0 Å². The Kier molecular flexibility index (Phi) is 3.74. The van der Waals surface area contributed by atoms with Gasteiger partial charge in [-0.25, -0.2) is 8.78 Å². The summed E-state index contributed by atoms with van der Waals surface area (Å²) < 4.78 is 26.9. The average Bonchev–Trinajstić information content (AvgIpc) is 1.99. The lowest BCUT2D eigenvalue weighted by molar-refractivity contribution is 0.103. The van der Waals surface area contributed by atoms with E-state index in [1.54, 1.807) is 13.8 Å². The second-order valence-electron chi connectivity index (χ2n) is 3.33. The first kappa shape index (κ1) is 12.0. The molecule has 0 amide bonds. The average molecular weight is 275 g/mol. The molecule has 4 heteroatoms. The summed E-state index contributed by atoms with van der Waals surface area (Å²) in [5.41, 5.74) is 0.182. The van der Waals surface area contributed by atoms with E-state index in [1.807, 2.05) is 0 Å². The first-order chi connectivity index (χ1) is 6.91. The number of carbonyl (C=O) groups excluding carboxylic acids is 1. The van der Waals surface area contributed by atoms with Gasteiger partial charge in [-0.05, 0) is 32.1 Å². The Bertz CT molecular complexity index is 411. The molecule has 0 aliphatic rings. The molecule has 0 radical (unpaired) electrons. The zero-order chi connectivity index (χ0) is 11.6. The molecule has 0 bridgehead atoms. The van der Waals surface area contributed by atoms with E-state index in [2.05, 4.69) is 15.9 Å². The second kappa shape index (κ2) is 4.66. The van der Waals surface area contributed by atoms with Gasteiger partial charge in [0.2, 0.25) is 0 Å². The molecule has 0 N–H and O–H groups in total. The molecule has 1 aromatic carbocycles. The van der Waals surface area contributed by atoms with Crippen LogP contribution < -0.4 is 0 Å². The smallest absolute Gasteiger partial charge is 0.191 e. The third-order valence-electron chi connectivity index (χ3n) is 1.67. The van der Waals surface area contributed by atoms with Gasteiger partial charge in [-0.1, -0.05) is 21.5 Å². The van der Waals surface area contributed by atoms with Gasteiger partial charge < -0.3 is 0 Å². The van der Waals surface area contributed by atoms with Crippen LogP contribution in [0.25, 0.3) is 0 Å². The maximum Gasteiger partial charge on any atom is 0.191 e. The highest BCUT2D eigenvalue weighted by Crippen LogP contribution is 2.20. The summed E-state index contributed by atoms with van der Waals surface area (Å²) in [5, 5.41) is 0. The first-order valence-electron chi connectivity index (χ1n) is 4.25. The van der Waals surface area contributed by atoms with Crippen molar-refractivity contribution >= 4 is 21.7 Å². The molecule has 0 atom stereocenters. The summed E-state index contributed by atoms with van der Waals surface area (Å²) in [7, 11) is 0. The molecule has 0 aliphatic heterocycles. The van der Waals surface area contributed by atoms with Crippen molar-refractivity contribution < 1.29 is 13.6 Å². The van der Waals surface area contributed by atoms with Crippen molar-refractivity contribution in [1.82, 2.24) is 0 Å². The lowest BCUT2D eigenvalue weighted by Gasteiger charge is -2.02. The third-order valence-corrected chi connectivity index (χ3v) is 2.13. The molecule has 0 unspecified atom stereocenters. The molecular weight excluding hydrogens is 266 g/mol. The molecule has 0 heterocycles. The summed E-state index contributed by atoms with van der Waals surface area (Å²) in [6.45, 7) is 3.37. The minimum absolute atomic E-state index is 0.270. The van der Waals surface area contributed by atoms with E-state index in [0.717, 1.165) is 12.1 Å². The quantitative estimate of drug-likeness (QED) is 0.591. The number of allylic oxidation sites excluding steroid dienone is 2. The predicted octanol–water partition coefficient (Wildman–Crippen LogP) is 3.88. The van der Waals surface area contributed by atoms with Gasteiger partial charge >= 0.3 is 0 Å². The molecule has 0 fully saturated rings. The van der Waals surface area contributed by atoms with Gasteiger partial charge in [0.25, 0.3) is 0 Å². The highest BCUT2D eigenvalue weighted by atomic mass is 79.9. The Morgan fingerprint density at radius 3 is 2.13 bits per heavy atom. The number of halogens is 3. The number of hydrogen-bond donors (Lipinski definition) is 0. The van der Waals surface area contributed by atoms with E-state index in [1.165, 1.54) is 6.08 Å². The molecule has 0 aromatic heterocycles. The van der Waals surface area contributed by atoms with Gasteiger partial charge in [0.15, 0.2) is 5.78 Å². The molecule has 0 aliphatic carbocycles. The molecule has 15 heavy (non-hydrogen) atoms. The van der Waals surface area contributed by atoms with Crippen molar-refractivity contribution in [3.63, 3.8) is 0 Å². The maximum atomic E-state index is 13.3. The Labute approximate surface area is 94.9 Å². The van der Waals surface area contributed by atoms with Crippen molar-refractivity contribution in [2.24, 2.45) is 0 Å². The van der Waals surface area contributed by atoms with Gasteiger partial charge in [-0.2, -0.15) is 0 Å². The number of carbonyl (C=O) groups is 1. The number of ketones is 1. The van der Waals surface area contributed by atoms with Gasteiger partial charge in [-0.15, -0.1) is 0 Å². The van der Waals surface area contributed by atoms with Crippen molar-refractivity contribution in [3.05, 3.63) is 45.5 Å². The number of rotatable bonds is 2. The Hall–Kier alpha value is -1.03. The molecule has 1 rings (SSSR count). The summed E-state index contributed by atoms with van der Waals surface area (Å²) >= 11 is 2.94. The Morgan fingerprint density at radius 2 is 1.73 bits per heavy atom. The van der Waals surface area contributed by atoms with Gasteiger partial charge in [-0.3, -0.25) is 4.79 Å². The zero-order valence-corrected chi connectivity index (χ0v) is 9.86. The van der Waals surface area contributed by atoms with Crippen LogP contribution in [0.4, 0.5) is 8.78 Å². The Morgan fingerprint density at radius 1 is 1.27 bits per heavy atom. The largest absolute Gasteiger partial charge is 0.289 e. The topological polar surface area (TPSA) is 17.1 Å². The SMILES string of the molecule is CC(C)=CC(=O)c1c(F)cc(Br)cc1F. The van der Waals surface area contributed by atoms with E-state index < -0.39 is 23.0 Å². The second-order valence-corrected chi connectivity index (χ2v) is 4.25. The van der Waals surface area contributed by atoms with Crippen LogP contribution >= 0.6 is 15.9 Å². The molecule has 0 saturated heterocycles. The van der Waals surface area contributed by atoms with E-state index in [0.29, 0.717) is 5.57 Å². The van der Waals surface area contributed by atoms with Crippen molar-refractivity contribution in [3.8, 4) is 0 Å². The van der Waals surface area contributed by atoms with Crippen LogP contribution in [-0.4, -0.2) is 5.78 Å². The minimum Gasteiger partial charge on any atom is -0.289 e. The molecule has 0 saturated carbocycles. The van der Waals surface area contributed by atoms with Crippen LogP contribution in [0.1, 0.15) is 24.2 Å². The molecular formula is C11H9BrF2O. The molecule has 80 valence electrons. The van der Waals surface area contributed by atoms with Crippen LogP contribution in [0, 0.1) is 11.6 Å². The highest BCUT2D eigenvalue weighted by Gasteiger charge is 2.16. The lowest BCUT2D eigenvalue weighted by Crippen LogP contribution is -2.03. The van der Waals surface area contributed by atoms with E-state index >= 15 is 0 Å². The number of benzene rings is 1. The van der Waals surface area contributed by atoms with Crippen molar-refractivity contribution in [2.75, 3.05) is 0 Å². The number of hydrogen-bond acceptors (Lipinski definition) is 1. The van der Waals surface area contributed by atoms with Gasteiger partial charge in [0.05, 0.1) is 5.56 Å². The van der Waals surface area contributed by atoms with Crippen molar-refractivity contribution in [2.45, 2.75) is 13.8 Å². The Balaban J connectivity index is 3.26. The fourth-order valence-electron chi connectivity index (χ4n) is 1.11. The molecule has 1 aromatic rings. The monoisotopic (exact) mass is 274 g/mol. The fourth-order valence-corrected chi connectivity index (χ4v) is 1.51. The van der Waals surface area contributed by atoms with Gasteiger partial charge in [0.1, 0.15) is 11.6 Å².